The summed E-state index contributed by atoms with van der Waals surface area (Å²) < 4.78 is 0. The molecule has 1 amide bonds. The second-order valence-corrected chi connectivity index (χ2v) is 2.13. The van der Waals surface area contributed by atoms with Crippen LogP contribution in [-0.4, -0.2) is 20.3 Å². The highest BCUT2D eigenvalue weighted by Crippen LogP contribution is 2.28. The third kappa shape index (κ3) is 0.856. The molecule has 2 atom stereocenters. The fourth-order valence-electron chi connectivity index (χ4n) is 0.820. The van der Waals surface area contributed by atoms with Gasteiger partial charge < -0.3 is 5.32 Å². The third-order valence-electron chi connectivity index (χ3n) is 1.61. The molecule has 42 valence electrons. The van der Waals surface area contributed by atoms with E-state index in [4.69, 9.17) is 7.85 Å². The van der Waals surface area contributed by atoms with E-state index in [1.54, 1.807) is 0 Å². The quantitative estimate of drug-likeness (QED) is 0.387. The Morgan fingerprint density at radius 2 is 2.38 bits per heavy atom. The van der Waals surface area contributed by atoms with Gasteiger partial charge in [0, 0.05) is 6.04 Å². The van der Waals surface area contributed by atoms with E-state index in [-0.39, 0.29) is 11.9 Å². The van der Waals surface area contributed by atoms with Crippen molar-refractivity contribution in [2.24, 2.45) is 0 Å². The zero-order valence-corrected chi connectivity index (χ0v) is 4.63. The predicted molar refractivity (Wildman–Crippen MR) is 31.7 cm³/mol. The first kappa shape index (κ1) is 5.67. The van der Waals surface area contributed by atoms with Crippen molar-refractivity contribution < 1.29 is 4.79 Å². The number of nitrogens with one attached hydrogen (secondary N) is 1. The minimum absolute atomic E-state index is 0.209. The van der Waals surface area contributed by atoms with Crippen LogP contribution in [-0.2, 0) is 4.79 Å². The molecule has 0 bridgehead atoms. The summed E-state index contributed by atoms with van der Waals surface area (Å²) in [7, 11) is 5.49. The summed E-state index contributed by atoms with van der Waals surface area (Å²) in [4.78, 5) is 9.79. The number of carbonyl (C=O) groups is 1. The third-order valence-corrected chi connectivity index (χ3v) is 1.61. The van der Waals surface area contributed by atoms with Crippen LogP contribution in [0.3, 0.4) is 0 Å². The maximum Gasteiger partial charge on any atom is 0.207 e. The van der Waals surface area contributed by atoms with Gasteiger partial charge in [-0.15, -0.1) is 0 Å². The minimum Gasteiger partial charge on any atom is -0.356 e. The van der Waals surface area contributed by atoms with E-state index in [1.807, 2.05) is 0 Å². The largest absolute Gasteiger partial charge is 0.356 e. The number of amides is 1. The Morgan fingerprint density at radius 3 is 2.50 bits per heavy atom. The van der Waals surface area contributed by atoms with Gasteiger partial charge in [-0.05, 0) is 6.42 Å². The van der Waals surface area contributed by atoms with Crippen molar-refractivity contribution >= 4 is 14.3 Å². The molecule has 1 fully saturated rings. The Hall–Kier alpha value is -0.465. The van der Waals surface area contributed by atoms with Gasteiger partial charge in [0.05, 0.1) is 7.85 Å². The molecular formula is C5H8BNO. The zero-order chi connectivity index (χ0) is 5.98. The van der Waals surface area contributed by atoms with E-state index in [0.717, 1.165) is 12.8 Å². The summed E-state index contributed by atoms with van der Waals surface area (Å²) in [6.07, 6.45) is 2.80. The zero-order valence-electron chi connectivity index (χ0n) is 4.63. The van der Waals surface area contributed by atoms with Crippen molar-refractivity contribution in [3.8, 4) is 0 Å². The lowest BCUT2D eigenvalue weighted by molar-refractivity contribution is -0.110. The average molecular weight is 109 g/mol. The summed E-state index contributed by atoms with van der Waals surface area (Å²) in [5, 5.41) is 2.63. The van der Waals surface area contributed by atoms with Crippen molar-refractivity contribution in [1.29, 1.82) is 0 Å². The van der Waals surface area contributed by atoms with Crippen molar-refractivity contribution in [3.63, 3.8) is 0 Å². The Balaban J connectivity index is 2.16. The van der Waals surface area contributed by atoms with Crippen LogP contribution in [0, 0.1) is 0 Å². The van der Waals surface area contributed by atoms with E-state index in [1.165, 1.54) is 0 Å². The number of hydrogen-bond donors (Lipinski definition) is 1. The smallest absolute Gasteiger partial charge is 0.207 e. The highest BCUT2D eigenvalue weighted by molar-refractivity contribution is 6.12. The first-order chi connectivity index (χ1) is 3.84. The molecule has 8 heavy (non-hydrogen) atoms. The normalized spacial score (nSPS) is 35.5. The molecule has 1 aliphatic rings. The van der Waals surface area contributed by atoms with Gasteiger partial charge in [0.1, 0.15) is 0 Å². The molecule has 0 aromatic carbocycles. The average Bonchev–Trinajstić information content (AvgIpc) is 1.79. The molecule has 0 aromatic rings. The summed E-state index contributed by atoms with van der Waals surface area (Å²) in [6.45, 7) is 0. The highest BCUT2D eigenvalue weighted by Gasteiger charge is 2.24. The molecule has 2 radical (unpaired) electrons. The topological polar surface area (TPSA) is 29.1 Å². The van der Waals surface area contributed by atoms with Crippen molar-refractivity contribution in [1.82, 2.24) is 5.32 Å². The van der Waals surface area contributed by atoms with Gasteiger partial charge in [0.15, 0.2) is 0 Å². The molecule has 3 heteroatoms. The molecule has 0 saturated heterocycles. The van der Waals surface area contributed by atoms with E-state index in [9.17, 15) is 4.79 Å². The lowest BCUT2D eigenvalue weighted by atomic mass is 9.67. The Labute approximate surface area is 50.1 Å². The fourth-order valence-corrected chi connectivity index (χ4v) is 0.820. The van der Waals surface area contributed by atoms with Gasteiger partial charge in [-0.3, -0.25) is 4.79 Å². The van der Waals surface area contributed by atoms with Gasteiger partial charge in [0.25, 0.3) is 0 Å². The summed E-state index contributed by atoms with van der Waals surface area (Å²) in [6, 6.07) is 0.257. The molecule has 0 aliphatic heterocycles. The number of carbonyl (C=O) groups excluding carboxylic acids is 1. The first-order valence-electron chi connectivity index (χ1n) is 2.80. The van der Waals surface area contributed by atoms with Crippen LogP contribution in [0.15, 0.2) is 0 Å². The number of hydrogen-bond acceptors (Lipinski definition) is 1. The summed E-state index contributed by atoms with van der Waals surface area (Å²) in [5.74, 6) is 0.209. The van der Waals surface area contributed by atoms with Gasteiger partial charge >= 0.3 is 0 Å². The second-order valence-electron chi connectivity index (χ2n) is 2.13. The molecule has 1 aliphatic carbocycles. The van der Waals surface area contributed by atoms with Gasteiger partial charge in [0.2, 0.25) is 6.41 Å². The molecule has 1 rings (SSSR count). The number of rotatable bonds is 2. The van der Waals surface area contributed by atoms with Crippen LogP contribution in [0.1, 0.15) is 12.8 Å². The summed E-state index contributed by atoms with van der Waals surface area (Å²) >= 11 is 0. The lowest BCUT2D eigenvalue weighted by Gasteiger charge is -2.33. The van der Waals surface area contributed by atoms with Gasteiger partial charge in [-0.1, -0.05) is 12.2 Å². The van der Waals surface area contributed by atoms with Crippen LogP contribution in [0.25, 0.3) is 0 Å². The van der Waals surface area contributed by atoms with Crippen LogP contribution in [0.5, 0.6) is 0 Å². The van der Waals surface area contributed by atoms with Crippen LogP contribution in [0.4, 0.5) is 0 Å². The molecule has 1 N–H and O–H groups in total. The monoisotopic (exact) mass is 109 g/mol. The molecule has 0 spiro atoms. The lowest BCUT2D eigenvalue weighted by Crippen LogP contribution is -2.39. The van der Waals surface area contributed by atoms with Crippen LogP contribution in [0.2, 0.25) is 5.82 Å². The van der Waals surface area contributed by atoms with Crippen LogP contribution < -0.4 is 5.32 Å². The Morgan fingerprint density at radius 1 is 1.62 bits per heavy atom. The van der Waals surface area contributed by atoms with E-state index >= 15 is 0 Å². The van der Waals surface area contributed by atoms with Crippen molar-refractivity contribution in [2.75, 3.05) is 0 Å². The maximum atomic E-state index is 9.79. The van der Waals surface area contributed by atoms with Crippen LogP contribution >= 0.6 is 0 Å². The Kier molecular flexibility index (Phi) is 1.56. The molecule has 2 nitrogen and oxygen atoms in total. The minimum atomic E-state index is 0.209. The second kappa shape index (κ2) is 2.20. The molecule has 0 aromatic heterocycles. The predicted octanol–water partition coefficient (Wildman–Crippen LogP) is -0.148. The molecule has 0 heterocycles. The standard InChI is InChI=1S/C5H8BNO/c6-4-1-2-5(4)7-3-8/h3-5H,1-2H2,(H,7,8)/t4-,5+/m0/s1. The van der Waals surface area contributed by atoms with E-state index in [0.29, 0.717) is 6.41 Å². The van der Waals surface area contributed by atoms with Gasteiger partial charge in [-0.2, -0.15) is 0 Å². The first-order valence-corrected chi connectivity index (χ1v) is 2.80. The van der Waals surface area contributed by atoms with Crippen molar-refractivity contribution in [2.45, 2.75) is 24.7 Å². The molecule has 0 unspecified atom stereocenters. The Bertz CT molecular complexity index is 96.4. The van der Waals surface area contributed by atoms with Gasteiger partial charge in [-0.25, -0.2) is 0 Å². The maximum absolute atomic E-state index is 9.79. The molecule has 1 saturated carbocycles. The highest BCUT2D eigenvalue weighted by atomic mass is 16.1. The molecular weight excluding hydrogens is 101 g/mol. The van der Waals surface area contributed by atoms with E-state index in [2.05, 4.69) is 5.32 Å². The fraction of sp³-hybridized carbons (Fsp3) is 0.800. The van der Waals surface area contributed by atoms with Crippen molar-refractivity contribution in [3.05, 3.63) is 0 Å². The SMILES string of the molecule is [B][C@H]1CC[C@H]1NC=O. The summed E-state index contributed by atoms with van der Waals surface area (Å²) in [5.41, 5.74) is 0. The van der Waals surface area contributed by atoms with E-state index < -0.39 is 0 Å².